The Morgan fingerprint density at radius 3 is 1.79 bits per heavy atom. The maximum absolute atomic E-state index is 13.5. The summed E-state index contributed by atoms with van der Waals surface area (Å²) in [6.45, 7) is 1.10. The maximum atomic E-state index is 13.5. The average molecular weight is 298 g/mol. The monoisotopic (exact) mass is 298 g/mol. The molecule has 0 bridgehead atoms. The van der Waals surface area contributed by atoms with E-state index < -0.39 is 30.5 Å². The van der Waals surface area contributed by atoms with Gasteiger partial charge in [-0.1, -0.05) is 0 Å². The van der Waals surface area contributed by atoms with Crippen LogP contribution in [0, 0.1) is 0 Å². The van der Waals surface area contributed by atoms with E-state index in [-0.39, 0.29) is 4.90 Å². The Balaban J connectivity index is 3.04. The van der Waals surface area contributed by atoms with Crippen molar-refractivity contribution in [1.82, 2.24) is 9.80 Å². The van der Waals surface area contributed by atoms with Crippen LogP contribution in [0.15, 0.2) is 12.4 Å². The van der Waals surface area contributed by atoms with E-state index in [4.69, 9.17) is 0 Å². The summed E-state index contributed by atoms with van der Waals surface area (Å²) in [5.74, 6) is -6.15. The van der Waals surface area contributed by atoms with E-state index in [1.807, 2.05) is 0 Å². The Hall–Kier alpha value is -1.22. The third-order valence-electron chi connectivity index (χ3n) is 2.80. The van der Waals surface area contributed by atoms with Gasteiger partial charge in [0.25, 0.3) is 6.17 Å². The van der Waals surface area contributed by atoms with Crippen molar-refractivity contribution < 1.29 is 35.1 Å². The lowest BCUT2D eigenvalue weighted by molar-refractivity contribution is -0.344. The van der Waals surface area contributed by atoms with Crippen LogP contribution in [0.25, 0.3) is 0 Å². The molecule has 0 saturated heterocycles. The third-order valence-corrected chi connectivity index (χ3v) is 2.80. The Morgan fingerprint density at radius 2 is 1.47 bits per heavy atom. The first kappa shape index (κ1) is 15.8. The van der Waals surface area contributed by atoms with Gasteiger partial charge in [0.1, 0.15) is 6.17 Å². The fourth-order valence-corrected chi connectivity index (χ4v) is 1.46. The molecule has 0 aromatic rings. The topological polar surface area (TPSA) is 6.48 Å². The van der Waals surface area contributed by atoms with E-state index in [0.717, 1.165) is 18.0 Å². The SMILES string of the molecule is CC1N(C)C=CN1C(F)(F)C(F)C(F)(F)C(F)(F)F. The predicted molar refractivity (Wildman–Crippen MR) is 49.0 cm³/mol. The van der Waals surface area contributed by atoms with Crippen LogP contribution in [0.4, 0.5) is 35.1 Å². The van der Waals surface area contributed by atoms with Crippen molar-refractivity contribution in [3.8, 4) is 0 Å². The molecule has 0 fully saturated rings. The second-order valence-corrected chi connectivity index (χ2v) is 4.07. The first-order valence-corrected chi connectivity index (χ1v) is 4.98. The number of hydrogen-bond acceptors (Lipinski definition) is 2. The lowest BCUT2D eigenvalue weighted by Crippen LogP contribution is -2.60. The molecule has 112 valence electrons. The quantitative estimate of drug-likeness (QED) is 0.583. The number of rotatable bonds is 3. The molecule has 0 saturated carbocycles. The zero-order chi connectivity index (χ0) is 15.2. The molecule has 0 N–H and O–H groups in total. The van der Waals surface area contributed by atoms with Gasteiger partial charge < -0.3 is 4.90 Å². The molecule has 1 rings (SSSR count). The number of halogens is 8. The average Bonchev–Trinajstić information content (AvgIpc) is 2.57. The van der Waals surface area contributed by atoms with Gasteiger partial charge in [-0.3, -0.25) is 4.90 Å². The standard InChI is InChI=1S/C9H10F8N2/c1-5-18(2)3-4-19(5)8(13,14)6(10)7(11,12)9(15,16)17/h3-6H,1-2H3. The smallest absolute Gasteiger partial charge is 0.359 e. The van der Waals surface area contributed by atoms with E-state index in [9.17, 15) is 35.1 Å². The van der Waals surface area contributed by atoms with Gasteiger partial charge in [-0.25, -0.2) is 4.39 Å². The fourth-order valence-electron chi connectivity index (χ4n) is 1.46. The highest BCUT2D eigenvalue weighted by Crippen LogP contribution is 2.46. The lowest BCUT2D eigenvalue weighted by atomic mass is 10.1. The Labute approximate surface area is 103 Å². The van der Waals surface area contributed by atoms with Gasteiger partial charge >= 0.3 is 18.1 Å². The van der Waals surface area contributed by atoms with Crippen LogP contribution in [-0.2, 0) is 0 Å². The van der Waals surface area contributed by atoms with E-state index in [1.165, 1.54) is 7.05 Å². The first-order valence-electron chi connectivity index (χ1n) is 4.98. The molecule has 10 heteroatoms. The zero-order valence-corrected chi connectivity index (χ0v) is 9.73. The summed E-state index contributed by atoms with van der Waals surface area (Å²) in [6.07, 6.45) is -10.8. The van der Waals surface area contributed by atoms with Crippen LogP contribution >= 0.6 is 0 Å². The van der Waals surface area contributed by atoms with E-state index in [1.54, 1.807) is 0 Å². The minimum Gasteiger partial charge on any atom is -0.359 e. The molecule has 0 amide bonds. The van der Waals surface area contributed by atoms with Crippen LogP contribution in [0.5, 0.6) is 0 Å². The minimum atomic E-state index is -6.39. The molecule has 2 nitrogen and oxygen atoms in total. The van der Waals surface area contributed by atoms with Gasteiger partial charge in [-0.05, 0) is 6.92 Å². The van der Waals surface area contributed by atoms with Crippen molar-refractivity contribution in [2.75, 3.05) is 7.05 Å². The largest absolute Gasteiger partial charge is 0.456 e. The van der Waals surface area contributed by atoms with Crippen molar-refractivity contribution in [3.63, 3.8) is 0 Å². The lowest BCUT2D eigenvalue weighted by Gasteiger charge is -2.37. The summed E-state index contributed by atoms with van der Waals surface area (Å²) in [4.78, 5) is 0.920. The molecule has 0 aromatic carbocycles. The second-order valence-electron chi connectivity index (χ2n) is 4.07. The van der Waals surface area contributed by atoms with Crippen LogP contribution in [-0.4, -0.2) is 47.3 Å². The Bertz CT molecular complexity index is 364. The molecule has 2 unspecified atom stereocenters. The van der Waals surface area contributed by atoms with Crippen molar-refractivity contribution in [2.45, 2.75) is 37.4 Å². The molecule has 2 atom stereocenters. The molecular weight excluding hydrogens is 288 g/mol. The highest BCUT2D eigenvalue weighted by Gasteiger charge is 2.71. The number of nitrogens with zero attached hydrogens (tertiary/aromatic N) is 2. The van der Waals surface area contributed by atoms with Crippen molar-refractivity contribution in [1.29, 1.82) is 0 Å². The van der Waals surface area contributed by atoms with E-state index in [2.05, 4.69) is 0 Å². The summed E-state index contributed by atoms with van der Waals surface area (Å²) in [5, 5.41) is 0. The number of hydrogen-bond donors (Lipinski definition) is 0. The molecule has 1 heterocycles. The van der Waals surface area contributed by atoms with Crippen LogP contribution < -0.4 is 0 Å². The summed E-state index contributed by atoms with van der Waals surface area (Å²) in [5.41, 5.74) is 0. The van der Waals surface area contributed by atoms with Crippen LogP contribution in [0.2, 0.25) is 0 Å². The molecule has 0 aromatic heterocycles. The van der Waals surface area contributed by atoms with Gasteiger partial charge in [0.2, 0.25) is 0 Å². The Kier molecular flexibility index (Phi) is 3.68. The highest BCUT2D eigenvalue weighted by atomic mass is 19.4. The fraction of sp³-hybridized carbons (Fsp3) is 0.778. The summed E-state index contributed by atoms with van der Waals surface area (Å²) in [6, 6.07) is -5.00. The predicted octanol–water partition coefficient (Wildman–Crippen LogP) is 3.18. The molecule has 0 aliphatic carbocycles. The second kappa shape index (κ2) is 4.41. The van der Waals surface area contributed by atoms with E-state index >= 15 is 0 Å². The maximum Gasteiger partial charge on any atom is 0.456 e. The Morgan fingerprint density at radius 1 is 1.00 bits per heavy atom. The van der Waals surface area contributed by atoms with Crippen molar-refractivity contribution in [2.24, 2.45) is 0 Å². The van der Waals surface area contributed by atoms with Gasteiger partial charge in [0, 0.05) is 19.4 Å². The van der Waals surface area contributed by atoms with Gasteiger partial charge in [0.05, 0.1) is 0 Å². The van der Waals surface area contributed by atoms with Gasteiger partial charge in [-0.2, -0.15) is 30.7 Å². The molecule has 0 radical (unpaired) electrons. The molecule has 1 aliphatic heterocycles. The summed E-state index contributed by atoms with van der Waals surface area (Å²) < 4.78 is 101. The molecule has 19 heavy (non-hydrogen) atoms. The van der Waals surface area contributed by atoms with Crippen molar-refractivity contribution >= 4 is 0 Å². The minimum absolute atomic E-state index is 0.183. The normalized spacial score (nSPS) is 23.2. The van der Waals surface area contributed by atoms with Crippen LogP contribution in [0.3, 0.4) is 0 Å². The molecule has 0 spiro atoms. The summed E-state index contributed by atoms with van der Waals surface area (Å²) >= 11 is 0. The molecule has 1 aliphatic rings. The third kappa shape index (κ3) is 2.44. The number of alkyl halides is 8. The first-order chi connectivity index (χ1) is 8.33. The zero-order valence-electron chi connectivity index (χ0n) is 9.73. The highest BCUT2D eigenvalue weighted by molar-refractivity contribution is 5.02. The van der Waals surface area contributed by atoms with Gasteiger partial charge in [0.15, 0.2) is 0 Å². The van der Waals surface area contributed by atoms with Gasteiger partial charge in [-0.15, -0.1) is 0 Å². The van der Waals surface area contributed by atoms with Crippen molar-refractivity contribution in [3.05, 3.63) is 12.4 Å². The van der Waals surface area contributed by atoms with Crippen LogP contribution in [0.1, 0.15) is 6.92 Å². The van der Waals surface area contributed by atoms with E-state index in [0.29, 0.717) is 6.20 Å². The summed E-state index contributed by atoms with van der Waals surface area (Å²) in [7, 11) is 1.28. The molecular formula is C9H10F8N2.